The van der Waals surface area contributed by atoms with E-state index in [1.807, 2.05) is 38.4 Å². The van der Waals surface area contributed by atoms with Gasteiger partial charge in [0, 0.05) is 36.9 Å². The standard InChI is InChI=1S/C16H21ClN4/c1-4-8-18-16-19-10-12(2)15(20-16)21(3)11-13-6-5-7-14(17)9-13/h5-7,9-10H,4,8,11H2,1-3H3,(H,18,19,20). The Kier molecular flexibility index (Phi) is 5.39. The molecule has 0 unspecified atom stereocenters. The Balaban J connectivity index is 2.15. The zero-order chi connectivity index (χ0) is 15.2. The maximum Gasteiger partial charge on any atom is 0.224 e. The predicted molar refractivity (Wildman–Crippen MR) is 89.1 cm³/mol. The first kappa shape index (κ1) is 15.6. The molecule has 1 N–H and O–H groups in total. The topological polar surface area (TPSA) is 41.1 Å². The zero-order valence-corrected chi connectivity index (χ0v) is 13.5. The molecule has 0 bridgehead atoms. The van der Waals surface area contributed by atoms with Gasteiger partial charge in [0.05, 0.1) is 0 Å². The maximum absolute atomic E-state index is 6.03. The van der Waals surface area contributed by atoms with Crippen LogP contribution in [0.3, 0.4) is 0 Å². The number of hydrogen-bond acceptors (Lipinski definition) is 4. The Morgan fingerprint density at radius 2 is 2.14 bits per heavy atom. The van der Waals surface area contributed by atoms with Gasteiger partial charge < -0.3 is 10.2 Å². The van der Waals surface area contributed by atoms with Gasteiger partial charge in [-0.2, -0.15) is 4.98 Å². The van der Waals surface area contributed by atoms with E-state index in [1.165, 1.54) is 0 Å². The number of aromatic nitrogens is 2. The SMILES string of the molecule is CCCNc1ncc(C)c(N(C)Cc2cccc(Cl)c2)n1. The lowest BCUT2D eigenvalue weighted by Crippen LogP contribution is -2.20. The minimum atomic E-state index is 0.676. The molecule has 112 valence electrons. The van der Waals surface area contributed by atoms with Crippen molar-refractivity contribution < 1.29 is 0 Å². The molecule has 21 heavy (non-hydrogen) atoms. The molecule has 1 aromatic heterocycles. The summed E-state index contributed by atoms with van der Waals surface area (Å²) in [6.45, 7) is 5.77. The summed E-state index contributed by atoms with van der Waals surface area (Å²) in [7, 11) is 2.03. The number of nitrogens with zero attached hydrogens (tertiary/aromatic N) is 3. The summed E-state index contributed by atoms with van der Waals surface area (Å²) in [6.07, 6.45) is 2.90. The van der Waals surface area contributed by atoms with Gasteiger partial charge in [-0.3, -0.25) is 0 Å². The molecule has 0 amide bonds. The third-order valence-corrected chi connectivity index (χ3v) is 3.38. The molecule has 1 aromatic carbocycles. The molecule has 0 aliphatic heterocycles. The van der Waals surface area contributed by atoms with Crippen LogP contribution in [0.25, 0.3) is 0 Å². The van der Waals surface area contributed by atoms with E-state index in [9.17, 15) is 0 Å². The molecular weight excluding hydrogens is 284 g/mol. The van der Waals surface area contributed by atoms with Crippen LogP contribution in [0.5, 0.6) is 0 Å². The van der Waals surface area contributed by atoms with E-state index in [0.717, 1.165) is 41.5 Å². The number of anilines is 2. The molecule has 5 heteroatoms. The van der Waals surface area contributed by atoms with Gasteiger partial charge >= 0.3 is 0 Å². The van der Waals surface area contributed by atoms with Crippen LogP contribution in [-0.2, 0) is 6.54 Å². The van der Waals surface area contributed by atoms with Crippen molar-refractivity contribution in [3.05, 3.63) is 46.6 Å². The lowest BCUT2D eigenvalue weighted by Gasteiger charge is -2.21. The van der Waals surface area contributed by atoms with Gasteiger partial charge in [-0.05, 0) is 31.0 Å². The quantitative estimate of drug-likeness (QED) is 0.879. The molecule has 2 aromatic rings. The van der Waals surface area contributed by atoms with E-state index < -0.39 is 0 Å². The smallest absolute Gasteiger partial charge is 0.224 e. The summed E-state index contributed by atoms with van der Waals surface area (Å²) in [5.41, 5.74) is 2.22. The first-order valence-corrected chi connectivity index (χ1v) is 7.51. The second-order valence-electron chi connectivity index (χ2n) is 5.11. The fraction of sp³-hybridized carbons (Fsp3) is 0.375. The van der Waals surface area contributed by atoms with Crippen LogP contribution in [0.15, 0.2) is 30.5 Å². The number of rotatable bonds is 6. The van der Waals surface area contributed by atoms with Gasteiger partial charge in [-0.25, -0.2) is 4.98 Å². The van der Waals surface area contributed by atoms with Crippen molar-refractivity contribution in [2.75, 3.05) is 23.8 Å². The van der Waals surface area contributed by atoms with Crippen LogP contribution >= 0.6 is 11.6 Å². The normalized spacial score (nSPS) is 10.5. The summed E-state index contributed by atoms with van der Waals surface area (Å²) in [6, 6.07) is 7.89. The lowest BCUT2D eigenvalue weighted by atomic mass is 10.2. The van der Waals surface area contributed by atoms with Crippen LogP contribution in [0.4, 0.5) is 11.8 Å². The molecule has 0 atom stereocenters. The van der Waals surface area contributed by atoms with E-state index in [2.05, 4.69) is 33.2 Å². The Bertz CT molecular complexity index is 601. The zero-order valence-electron chi connectivity index (χ0n) is 12.7. The minimum Gasteiger partial charge on any atom is -0.355 e. The minimum absolute atomic E-state index is 0.676. The van der Waals surface area contributed by atoms with Gasteiger partial charge in [-0.1, -0.05) is 30.7 Å². The molecule has 0 aliphatic rings. The molecule has 1 heterocycles. The van der Waals surface area contributed by atoms with Crippen molar-refractivity contribution >= 4 is 23.4 Å². The predicted octanol–water partition coefficient (Wildman–Crippen LogP) is 3.90. The maximum atomic E-state index is 6.03. The Labute approximate surface area is 131 Å². The highest BCUT2D eigenvalue weighted by molar-refractivity contribution is 6.30. The first-order chi connectivity index (χ1) is 10.1. The Hall–Kier alpha value is -1.81. The van der Waals surface area contributed by atoms with E-state index in [1.54, 1.807) is 0 Å². The third kappa shape index (κ3) is 4.33. The highest BCUT2D eigenvalue weighted by Crippen LogP contribution is 2.20. The third-order valence-electron chi connectivity index (χ3n) is 3.15. The molecule has 0 saturated carbocycles. The van der Waals surface area contributed by atoms with Gasteiger partial charge in [0.1, 0.15) is 5.82 Å². The van der Waals surface area contributed by atoms with Crippen LogP contribution in [0, 0.1) is 6.92 Å². The molecule has 0 spiro atoms. The highest BCUT2D eigenvalue weighted by Gasteiger charge is 2.09. The van der Waals surface area contributed by atoms with Gasteiger partial charge in [0.25, 0.3) is 0 Å². The molecule has 0 radical (unpaired) electrons. The summed E-state index contributed by atoms with van der Waals surface area (Å²) in [4.78, 5) is 11.0. The number of aryl methyl sites for hydroxylation is 1. The molecule has 0 fully saturated rings. The average Bonchev–Trinajstić information content (AvgIpc) is 2.46. The number of halogens is 1. The van der Waals surface area contributed by atoms with Crippen molar-refractivity contribution in [3.8, 4) is 0 Å². The van der Waals surface area contributed by atoms with E-state index in [4.69, 9.17) is 11.6 Å². The van der Waals surface area contributed by atoms with E-state index in [-0.39, 0.29) is 0 Å². The monoisotopic (exact) mass is 304 g/mol. The molecule has 2 rings (SSSR count). The lowest BCUT2D eigenvalue weighted by molar-refractivity contribution is 0.876. The largest absolute Gasteiger partial charge is 0.355 e. The number of benzene rings is 1. The van der Waals surface area contributed by atoms with Crippen molar-refractivity contribution in [2.24, 2.45) is 0 Å². The number of nitrogens with one attached hydrogen (secondary N) is 1. The fourth-order valence-electron chi connectivity index (χ4n) is 2.13. The van der Waals surface area contributed by atoms with Crippen LogP contribution in [-0.4, -0.2) is 23.6 Å². The van der Waals surface area contributed by atoms with Gasteiger partial charge in [-0.15, -0.1) is 0 Å². The summed E-state index contributed by atoms with van der Waals surface area (Å²) < 4.78 is 0. The van der Waals surface area contributed by atoms with Crippen molar-refractivity contribution in [2.45, 2.75) is 26.8 Å². The Morgan fingerprint density at radius 3 is 2.86 bits per heavy atom. The second-order valence-corrected chi connectivity index (χ2v) is 5.55. The summed E-state index contributed by atoms with van der Waals surface area (Å²) >= 11 is 6.03. The Morgan fingerprint density at radius 1 is 1.33 bits per heavy atom. The van der Waals surface area contributed by atoms with Crippen LogP contribution < -0.4 is 10.2 Å². The summed E-state index contributed by atoms with van der Waals surface area (Å²) in [5.74, 6) is 1.61. The summed E-state index contributed by atoms with van der Waals surface area (Å²) in [5, 5.41) is 3.97. The van der Waals surface area contributed by atoms with Crippen molar-refractivity contribution in [1.29, 1.82) is 0 Å². The molecule has 4 nitrogen and oxygen atoms in total. The van der Waals surface area contributed by atoms with E-state index in [0.29, 0.717) is 5.95 Å². The molecule has 0 saturated heterocycles. The van der Waals surface area contributed by atoms with Crippen molar-refractivity contribution in [3.63, 3.8) is 0 Å². The van der Waals surface area contributed by atoms with Gasteiger partial charge in [0.15, 0.2) is 0 Å². The van der Waals surface area contributed by atoms with E-state index >= 15 is 0 Å². The highest BCUT2D eigenvalue weighted by atomic mass is 35.5. The first-order valence-electron chi connectivity index (χ1n) is 7.13. The number of hydrogen-bond donors (Lipinski definition) is 1. The molecule has 0 aliphatic carbocycles. The van der Waals surface area contributed by atoms with Crippen LogP contribution in [0.2, 0.25) is 5.02 Å². The molecular formula is C16H21ClN4. The van der Waals surface area contributed by atoms with Crippen molar-refractivity contribution in [1.82, 2.24) is 9.97 Å². The second kappa shape index (κ2) is 7.27. The van der Waals surface area contributed by atoms with Gasteiger partial charge in [0.2, 0.25) is 5.95 Å². The average molecular weight is 305 g/mol. The fourth-order valence-corrected chi connectivity index (χ4v) is 2.34. The van der Waals surface area contributed by atoms with Crippen LogP contribution in [0.1, 0.15) is 24.5 Å².